The first kappa shape index (κ1) is 20.7. The van der Waals surface area contributed by atoms with Crippen LogP contribution in [0.3, 0.4) is 0 Å². The van der Waals surface area contributed by atoms with Gasteiger partial charge in [-0.15, -0.1) is 0 Å². The van der Waals surface area contributed by atoms with Crippen LogP contribution in [0.4, 0.5) is 10.5 Å². The molecule has 1 aliphatic heterocycles. The molecule has 0 aliphatic carbocycles. The van der Waals surface area contributed by atoms with Gasteiger partial charge >= 0.3 is 6.09 Å². The molecule has 3 aromatic rings. The van der Waals surface area contributed by atoms with Crippen LogP contribution >= 0.6 is 15.9 Å². The van der Waals surface area contributed by atoms with Gasteiger partial charge in [0.25, 0.3) is 0 Å². The van der Waals surface area contributed by atoms with Gasteiger partial charge in [-0.2, -0.15) is 0 Å². The van der Waals surface area contributed by atoms with Gasteiger partial charge in [0.05, 0.1) is 5.69 Å². The smallest absolute Gasteiger partial charge is 0.414 e. The minimum atomic E-state index is -0.548. The highest BCUT2D eigenvalue weighted by Crippen LogP contribution is 2.46. The van der Waals surface area contributed by atoms with Gasteiger partial charge in [-0.05, 0) is 37.3 Å². The standard InChI is InChI=1S/C25H26BrNO3/c1-25(2,3)30-24(28)27-15-18(14-26)23-20-12-8-7-11-19(20)22(13-21(23)27)29-16-17-9-5-4-6-10-17/h4-13,18H,14-16H2,1-3H3/t18-/m0/s1. The van der Waals surface area contributed by atoms with Crippen molar-refractivity contribution >= 4 is 38.5 Å². The summed E-state index contributed by atoms with van der Waals surface area (Å²) >= 11 is 3.64. The SMILES string of the molecule is CC(C)(C)OC(=O)N1C[C@H](CBr)c2c1cc(OCc1ccccc1)c1ccccc21. The number of anilines is 1. The Bertz CT molecular complexity index is 1060. The van der Waals surface area contributed by atoms with Crippen molar-refractivity contribution in [2.24, 2.45) is 0 Å². The second-order valence-electron chi connectivity index (χ2n) is 8.57. The maximum Gasteiger partial charge on any atom is 0.414 e. The first-order valence-electron chi connectivity index (χ1n) is 10.2. The van der Waals surface area contributed by atoms with Crippen LogP contribution in [0.1, 0.15) is 37.8 Å². The van der Waals surface area contributed by atoms with E-state index in [1.165, 1.54) is 5.56 Å². The summed E-state index contributed by atoms with van der Waals surface area (Å²) in [5.74, 6) is 0.970. The van der Waals surface area contributed by atoms with E-state index in [1.807, 2.05) is 69.3 Å². The Hall–Kier alpha value is -2.53. The highest BCUT2D eigenvalue weighted by molar-refractivity contribution is 9.09. The number of carbonyl (C=O) groups excluding carboxylic acids is 1. The van der Waals surface area contributed by atoms with Crippen molar-refractivity contribution < 1.29 is 14.3 Å². The summed E-state index contributed by atoms with van der Waals surface area (Å²) in [6.45, 7) is 6.72. The van der Waals surface area contributed by atoms with Crippen molar-refractivity contribution in [1.82, 2.24) is 0 Å². The summed E-state index contributed by atoms with van der Waals surface area (Å²) in [4.78, 5) is 14.7. The lowest BCUT2D eigenvalue weighted by Crippen LogP contribution is -2.36. The monoisotopic (exact) mass is 467 g/mol. The van der Waals surface area contributed by atoms with E-state index in [9.17, 15) is 4.79 Å². The molecule has 1 aliphatic rings. The fourth-order valence-electron chi connectivity index (χ4n) is 3.88. The normalized spacial score (nSPS) is 15.9. The highest BCUT2D eigenvalue weighted by Gasteiger charge is 2.36. The summed E-state index contributed by atoms with van der Waals surface area (Å²) in [5, 5.41) is 2.95. The Morgan fingerprint density at radius 2 is 1.73 bits per heavy atom. The molecule has 1 amide bonds. The van der Waals surface area contributed by atoms with Gasteiger partial charge in [-0.3, -0.25) is 4.90 Å². The Labute approximate surface area is 185 Å². The minimum Gasteiger partial charge on any atom is -0.488 e. The van der Waals surface area contributed by atoms with E-state index in [2.05, 4.69) is 28.1 Å². The molecule has 30 heavy (non-hydrogen) atoms. The molecule has 1 heterocycles. The van der Waals surface area contributed by atoms with Crippen LogP contribution in [-0.2, 0) is 11.3 Å². The van der Waals surface area contributed by atoms with Crippen molar-refractivity contribution in [2.75, 3.05) is 16.8 Å². The molecule has 0 fully saturated rings. The minimum absolute atomic E-state index is 0.195. The van der Waals surface area contributed by atoms with Crippen LogP contribution in [0.2, 0.25) is 0 Å². The maximum atomic E-state index is 13.0. The molecule has 0 radical (unpaired) electrons. The van der Waals surface area contributed by atoms with Crippen molar-refractivity contribution in [3.8, 4) is 5.75 Å². The fourth-order valence-corrected chi connectivity index (χ4v) is 4.41. The van der Waals surface area contributed by atoms with E-state index in [1.54, 1.807) is 4.90 Å². The predicted octanol–water partition coefficient (Wildman–Crippen LogP) is 6.65. The number of halogens is 1. The molecule has 0 N–H and O–H groups in total. The molecule has 0 saturated heterocycles. The van der Waals surface area contributed by atoms with E-state index in [0.29, 0.717) is 13.2 Å². The number of hydrogen-bond donors (Lipinski definition) is 0. The molecule has 4 rings (SSSR count). The van der Waals surface area contributed by atoms with Crippen LogP contribution in [0.25, 0.3) is 10.8 Å². The molecule has 1 atom stereocenters. The maximum absolute atomic E-state index is 13.0. The number of nitrogens with zero attached hydrogens (tertiary/aromatic N) is 1. The van der Waals surface area contributed by atoms with Crippen LogP contribution in [0.15, 0.2) is 60.7 Å². The van der Waals surface area contributed by atoms with E-state index in [-0.39, 0.29) is 12.0 Å². The lowest BCUT2D eigenvalue weighted by molar-refractivity contribution is 0.0582. The predicted molar refractivity (Wildman–Crippen MR) is 125 cm³/mol. The highest BCUT2D eigenvalue weighted by atomic mass is 79.9. The average molecular weight is 468 g/mol. The summed E-state index contributed by atoms with van der Waals surface area (Å²) in [5.41, 5.74) is 2.59. The third-order valence-electron chi connectivity index (χ3n) is 5.17. The molecular weight excluding hydrogens is 442 g/mol. The summed E-state index contributed by atoms with van der Waals surface area (Å²) < 4.78 is 11.9. The topological polar surface area (TPSA) is 38.8 Å². The molecule has 5 heteroatoms. The quantitative estimate of drug-likeness (QED) is 0.403. The lowest BCUT2D eigenvalue weighted by Gasteiger charge is -2.25. The van der Waals surface area contributed by atoms with Crippen molar-refractivity contribution in [3.05, 3.63) is 71.8 Å². The van der Waals surface area contributed by atoms with Crippen molar-refractivity contribution in [1.29, 1.82) is 0 Å². The van der Waals surface area contributed by atoms with Crippen molar-refractivity contribution in [3.63, 3.8) is 0 Å². The third-order valence-corrected chi connectivity index (χ3v) is 5.95. The molecule has 0 saturated carbocycles. The summed E-state index contributed by atoms with van der Waals surface area (Å²) in [6.07, 6.45) is -0.323. The number of carbonyl (C=O) groups is 1. The zero-order chi connectivity index (χ0) is 21.3. The number of fused-ring (bicyclic) bond motifs is 3. The molecule has 0 unspecified atom stereocenters. The van der Waals surface area contributed by atoms with E-state index in [4.69, 9.17) is 9.47 Å². The van der Waals surface area contributed by atoms with Gasteiger partial charge in [0.2, 0.25) is 0 Å². The van der Waals surface area contributed by atoms with E-state index in [0.717, 1.165) is 33.1 Å². The van der Waals surface area contributed by atoms with Crippen LogP contribution in [0.5, 0.6) is 5.75 Å². The van der Waals surface area contributed by atoms with Crippen LogP contribution < -0.4 is 9.64 Å². The van der Waals surface area contributed by atoms with Gasteiger partial charge in [0.15, 0.2) is 0 Å². The average Bonchev–Trinajstić information content (AvgIpc) is 3.10. The first-order valence-corrected chi connectivity index (χ1v) is 11.3. The van der Waals surface area contributed by atoms with Crippen molar-refractivity contribution in [2.45, 2.75) is 38.9 Å². The first-order chi connectivity index (χ1) is 14.4. The Morgan fingerprint density at radius 3 is 2.40 bits per heavy atom. The summed E-state index contributed by atoms with van der Waals surface area (Å²) in [7, 11) is 0. The third kappa shape index (κ3) is 4.17. The Kier molecular flexibility index (Phi) is 5.74. The fraction of sp³-hybridized carbons (Fsp3) is 0.320. The molecule has 0 spiro atoms. The molecule has 4 nitrogen and oxygen atoms in total. The second kappa shape index (κ2) is 8.31. The lowest BCUT2D eigenvalue weighted by atomic mass is 9.95. The Morgan fingerprint density at radius 1 is 1.07 bits per heavy atom. The van der Waals surface area contributed by atoms with Gasteiger partial charge in [0, 0.05) is 29.2 Å². The second-order valence-corrected chi connectivity index (χ2v) is 9.22. The molecular formula is C25H26BrNO3. The number of rotatable bonds is 4. The van der Waals surface area contributed by atoms with E-state index < -0.39 is 5.60 Å². The molecule has 0 bridgehead atoms. The zero-order valence-electron chi connectivity index (χ0n) is 17.5. The van der Waals surface area contributed by atoms with Gasteiger partial charge in [0.1, 0.15) is 18.0 Å². The molecule has 3 aromatic carbocycles. The number of amides is 1. The van der Waals surface area contributed by atoms with Crippen LogP contribution in [-0.4, -0.2) is 23.6 Å². The number of alkyl halides is 1. The molecule has 156 valence electrons. The van der Waals surface area contributed by atoms with Gasteiger partial charge in [-0.25, -0.2) is 4.79 Å². The molecule has 0 aromatic heterocycles. The Balaban J connectivity index is 1.77. The number of ether oxygens (including phenoxy) is 2. The largest absolute Gasteiger partial charge is 0.488 e. The summed E-state index contributed by atoms with van der Waals surface area (Å²) in [6, 6.07) is 20.3. The number of benzene rings is 3. The van der Waals surface area contributed by atoms with Gasteiger partial charge in [-0.1, -0.05) is 70.5 Å². The van der Waals surface area contributed by atoms with Crippen LogP contribution in [0, 0.1) is 0 Å². The van der Waals surface area contributed by atoms with Gasteiger partial charge < -0.3 is 9.47 Å². The number of hydrogen-bond acceptors (Lipinski definition) is 3. The van der Waals surface area contributed by atoms with E-state index >= 15 is 0 Å². The zero-order valence-corrected chi connectivity index (χ0v) is 19.1.